The summed E-state index contributed by atoms with van der Waals surface area (Å²) < 4.78 is 39.1. The Morgan fingerprint density at radius 2 is 1.82 bits per heavy atom. The maximum atomic E-state index is 13.4. The van der Waals surface area contributed by atoms with Crippen molar-refractivity contribution in [2.45, 2.75) is 38.6 Å². The quantitative estimate of drug-likeness (QED) is 0.785. The minimum Gasteiger partial charge on any atom is -0.380 e. The van der Waals surface area contributed by atoms with Crippen molar-refractivity contribution in [3.63, 3.8) is 0 Å². The van der Waals surface area contributed by atoms with E-state index in [2.05, 4.69) is 5.32 Å². The first kappa shape index (κ1) is 12.3. The molecule has 4 heteroatoms. The summed E-state index contributed by atoms with van der Waals surface area (Å²) in [5.74, 6) is -2.24. The summed E-state index contributed by atoms with van der Waals surface area (Å²) in [6.07, 6.45) is 4.63. The van der Waals surface area contributed by atoms with E-state index in [4.69, 9.17) is 0 Å². The van der Waals surface area contributed by atoms with Crippen molar-refractivity contribution in [3.8, 4) is 0 Å². The lowest BCUT2D eigenvalue weighted by molar-refractivity contribution is 0.285. The van der Waals surface area contributed by atoms with Crippen LogP contribution in [0.4, 0.5) is 18.9 Å². The predicted octanol–water partition coefficient (Wildman–Crippen LogP) is 4.09. The molecule has 0 radical (unpaired) electrons. The molecule has 0 bridgehead atoms. The van der Waals surface area contributed by atoms with Crippen LogP contribution in [0.2, 0.25) is 0 Å². The number of rotatable bonds is 4. The van der Waals surface area contributed by atoms with Crippen LogP contribution in [0.1, 0.15) is 32.6 Å². The Balaban J connectivity index is 1.99. The molecule has 1 aliphatic carbocycles. The van der Waals surface area contributed by atoms with Gasteiger partial charge in [-0.25, -0.2) is 13.2 Å². The maximum Gasteiger partial charge on any atom is 0.161 e. The SMILES string of the molecule is CC(CC1CCC1)Nc1cc(F)c(F)cc1F. The number of hydrogen-bond acceptors (Lipinski definition) is 1. The lowest BCUT2D eigenvalue weighted by Gasteiger charge is -2.29. The van der Waals surface area contributed by atoms with Gasteiger partial charge in [-0.15, -0.1) is 0 Å². The van der Waals surface area contributed by atoms with Crippen LogP contribution in [-0.2, 0) is 0 Å². The van der Waals surface area contributed by atoms with Crippen molar-refractivity contribution in [2.24, 2.45) is 5.92 Å². The number of halogens is 3. The molecule has 1 aromatic rings. The van der Waals surface area contributed by atoms with Gasteiger partial charge in [-0.3, -0.25) is 0 Å². The number of benzene rings is 1. The molecule has 1 N–H and O–H groups in total. The van der Waals surface area contributed by atoms with E-state index in [1.807, 2.05) is 6.92 Å². The molecule has 1 fully saturated rings. The highest BCUT2D eigenvalue weighted by molar-refractivity contribution is 5.46. The van der Waals surface area contributed by atoms with Gasteiger partial charge in [-0.05, 0) is 19.3 Å². The fourth-order valence-electron chi connectivity index (χ4n) is 2.19. The Morgan fingerprint density at radius 1 is 1.18 bits per heavy atom. The van der Waals surface area contributed by atoms with Crippen molar-refractivity contribution >= 4 is 5.69 Å². The van der Waals surface area contributed by atoms with Crippen molar-refractivity contribution in [2.75, 3.05) is 5.32 Å². The first-order chi connectivity index (χ1) is 8.06. The van der Waals surface area contributed by atoms with Gasteiger partial charge >= 0.3 is 0 Å². The van der Waals surface area contributed by atoms with Crippen LogP contribution in [0.3, 0.4) is 0 Å². The molecule has 94 valence electrons. The molecule has 1 aliphatic rings. The molecule has 0 amide bonds. The summed E-state index contributed by atoms with van der Waals surface area (Å²) in [5.41, 5.74) is 0.0377. The summed E-state index contributed by atoms with van der Waals surface area (Å²) in [7, 11) is 0. The fraction of sp³-hybridized carbons (Fsp3) is 0.538. The van der Waals surface area contributed by atoms with E-state index in [1.54, 1.807) is 0 Å². The van der Waals surface area contributed by atoms with Gasteiger partial charge in [0.2, 0.25) is 0 Å². The van der Waals surface area contributed by atoms with Gasteiger partial charge in [-0.2, -0.15) is 0 Å². The van der Waals surface area contributed by atoms with Crippen molar-refractivity contribution in [1.82, 2.24) is 0 Å². The molecule has 1 unspecified atom stereocenters. The van der Waals surface area contributed by atoms with Crippen LogP contribution in [0, 0.1) is 23.4 Å². The van der Waals surface area contributed by atoms with E-state index in [9.17, 15) is 13.2 Å². The zero-order valence-electron chi connectivity index (χ0n) is 9.77. The number of anilines is 1. The first-order valence-corrected chi connectivity index (χ1v) is 5.97. The number of nitrogens with one attached hydrogen (secondary N) is 1. The average Bonchev–Trinajstić information content (AvgIpc) is 2.20. The summed E-state index contributed by atoms with van der Waals surface area (Å²) in [5, 5.41) is 2.90. The largest absolute Gasteiger partial charge is 0.380 e. The topological polar surface area (TPSA) is 12.0 Å². The normalized spacial score (nSPS) is 17.6. The molecule has 0 saturated heterocycles. The van der Waals surface area contributed by atoms with Crippen molar-refractivity contribution < 1.29 is 13.2 Å². The standard InChI is InChI=1S/C13H16F3N/c1-8(5-9-3-2-4-9)17-13-7-11(15)10(14)6-12(13)16/h6-9,17H,2-5H2,1H3. The van der Waals surface area contributed by atoms with Crippen LogP contribution in [0.15, 0.2) is 12.1 Å². The molecule has 0 heterocycles. The summed E-state index contributed by atoms with van der Waals surface area (Å²) in [4.78, 5) is 0. The molecular weight excluding hydrogens is 227 g/mol. The van der Waals surface area contributed by atoms with Crippen molar-refractivity contribution in [1.29, 1.82) is 0 Å². The van der Waals surface area contributed by atoms with Gasteiger partial charge in [0.25, 0.3) is 0 Å². The second-order valence-electron chi connectivity index (χ2n) is 4.82. The Bertz CT molecular complexity index is 402. The van der Waals surface area contributed by atoms with Crippen LogP contribution < -0.4 is 5.32 Å². The van der Waals surface area contributed by atoms with Gasteiger partial charge in [-0.1, -0.05) is 19.3 Å². The first-order valence-electron chi connectivity index (χ1n) is 5.97. The van der Waals surface area contributed by atoms with Crippen LogP contribution >= 0.6 is 0 Å². The lowest BCUT2D eigenvalue weighted by Crippen LogP contribution is -2.23. The minimum absolute atomic E-state index is 0.0377. The smallest absolute Gasteiger partial charge is 0.161 e. The second kappa shape index (κ2) is 4.98. The fourth-order valence-corrected chi connectivity index (χ4v) is 2.19. The monoisotopic (exact) mass is 243 g/mol. The van der Waals surface area contributed by atoms with Gasteiger partial charge in [0.15, 0.2) is 11.6 Å². The zero-order valence-corrected chi connectivity index (χ0v) is 9.77. The molecule has 1 nitrogen and oxygen atoms in total. The minimum atomic E-state index is -1.15. The van der Waals surface area contributed by atoms with E-state index in [0.29, 0.717) is 12.0 Å². The number of hydrogen-bond donors (Lipinski definition) is 1. The van der Waals surface area contributed by atoms with E-state index < -0.39 is 17.5 Å². The predicted molar refractivity (Wildman–Crippen MR) is 61.4 cm³/mol. The Labute approximate surface area is 99.0 Å². The molecule has 1 saturated carbocycles. The summed E-state index contributed by atoms with van der Waals surface area (Å²) in [6, 6.07) is 1.52. The summed E-state index contributed by atoms with van der Waals surface area (Å²) >= 11 is 0. The van der Waals surface area contributed by atoms with Gasteiger partial charge < -0.3 is 5.32 Å². The third-order valence-electron chi connectivity index (χ3n) is 3.32. The Morgan fingerprint density at radius 3 is 2.41 bits per heavy atom. The third-order valence-corrected chi connectivity index (χ3v) is 3.32. The highest BCUT2D eigenvalue weighted by atomic mass is 19.2. The zero-order chi connectivity index (χ0) is 12.4. The van der Waals surface area contributed by atoms with Crippen LogP contribution in [0.5, 0.6) is 0 Å². The van der Waals surface area contributed by atoms with Crippen molar-refractivity contribution in [3.05, 3.63) is 29.6 Å². The van der Waals surface area contributed by atoms with E-state index >= 15 is 0 Å². The Kier molecular flexibility index (Phi) is 3.60. The molecule has 2 rings (SSSR count). The van der Waals surface area contributed by atoms with Gasteiger partial charge in [0.05, 0.1) is 5.69 Å². The molecule has 0 aromatic heterocycles. The van der Waals surface area contributed by atoms with E-state index in [-0.39, 0.29) is 11.7 Å². The third kappa shape index (κ3) is 2.93. The molecule has 1 atom stereocenters. The van der Waals surface area contributed by atoms with E-state index in [1.165, 1.54) is 19.3 Å². The van der Waals surface area contributed by atoms with Crippen LogP contribution in [0.25, 0.3) is 0 Å². The summed E-state index contributed by atoms with van der Waals surface area (Å²) in [6.45, 7) is 1.93. The Hall–Kier alpha value is -1.19. The molecule has 0 spiro atoms. The molecule has 1 aromatic carbocycles. The maximum absolute atomic E-state index is 13.4. The van der Waals surface area contributed by atoms with Crippen LogP contribution in [-0.4, -0.2) is 6.04 Å². The van der Waals surface area contributed by atoms with Gasteiger partial charge in [0.1, 0.15) is 5.82 Å². The lowest BCUT2D eigenvalue weighted by atomic mass is 9.81. The average molecular weight is 243 g/mol. The molecule has 0 aliphatic heterocycles. The van der Waals surface area contributed by atoms with E-state index in [0.717, 1.165) is 12.5 Å². The highest BCUT2D eigenvalue weighted by Gasteiger charge is 2.20. The van der Waals surface area contributed by atoms with Gasteiger partial charge in [0, 0.05) is 18.2 Å². The highest BCUT2D eigenvalue weighted by Crippen LogP contribution is 2.31. The second-order valence-corrected chi connectivity index (χ2v) is 4.82. The molecule has 17 heavy (non-hydrogen) atoms. The molecular formula is C13H16F3N.